The van der Waals surface area contributed by atoms with Crippen molar-refractivity contribution in [3.05, 3.63) is 39.7 Å². The lowest BCUT2D eigenvalue weighted by molar-refractivity contribution is -0.384. The monoisotopic (exact) mass is 333 g/mol. The number of rotatable bonds is 3. The first-order valence-electron chi connectivity index (χ1n) is 7.60. The topological polar surface area (TPSA) is 75.4 Å². The van der Waals surface area contributed by atoms with Crippen LogP contribution in [0.1, 0.15) is 17.8 Å². The standard InChI is InChI=1S/C15H19N5O2S/c1-11-4-5-13(14(10-11)20(21)22)18-6-3-7-19(9-8-18)15-16-12(2)17-23-15/h4-5,10H,3,6-9H2,1-2H3. The number of nitro groups is 1. The number of aromatic nitrogens is 2. The molecule has 1 aromatic heterocycles. The van der Waals surface area contributed by atoms with Crippen LogP contribution in [0.5, 0.6) is 0 Å². The Morgan fingerprint density at radius 2 is 1.91 bits per heavy atom. The van der Waals surface area contributed by atoms with E-state index in [1.54, 1.807) is 6.07 Å². The van der Waals surface area contributed by atoms with Crippen LogP contribution in [-0.2, 0) is 0 Å². The fourth-order valence-electron chi connectivity index (χ4n) is 2.81. The summed E-state index contributed by atoms with van der Waals surface area (Å²) < 4.78 is 4.23. The first-order chi connectivity index (χ1) is 11.0. The van der Waals surface area contributed by atoms with Gasteiger partial charge in [0.15, 0.2) is 0 Å². The number of anilines is 2. The summed E-state index contributed by atoms with van der Waals surface area (Å²) in [5.74, 6) is 0.792. The molecule has 1 fully saturated rings. The van der Waals surface area contributed by atoms with E-state index < -0.39 is 0 Å². The van der Waals surface area contributed by atoms with Crippen LogP contribution < -0.4 is 9.80 Å². The Kier molecular flexibility index (Phi) is 4.42. The Bertz CT molecular complexity index is 718. The second-order valence-electron chi connectivity index (χ2n) is 5.70. The van der Waals surface area contributed by atoms with Crippen LogP contribution in [0.25, 0.3) is 0 Å². The van der Waals surface area contributed by atoms with Gasteiger partial charge in [-0.05, 0) is 31.9 Å². The summed E-state index contributed by atoms with van der Waals surface area (Å²) in [6, 6.07) is 5.43. The minimum absolute atomic E-state index is 0.185. The van der Waals surface area contributed by atoms with Crippen LogP contribution in [0.4, 0.5) is 16.5 Å². The summed E-state index contributed by atoms with van der Waals surface area (Å²) in [7, 11) is 0. The fourth-order valence-corrected chi connectivity index (χ4v) is 3.54. The molecule has 2 aromatic rings. The minimum Gasteiger partial charge on any atom is -0.364 e. The highest BCUT2D eigenvalue weighted by atomic mass is 32.1. The maximum atomic E-state index is 11.3. The van der Waals surface area contributed by atoms with Crippen molar-refractivity contribution >= 4 is 28.0 Å². The molecule has 1 aromatic carbocycles. The molecule has 0 atom stereocenters. The van der Waals surface area contributed by atoms with Gasteiger partial charge in [0.2, 0.25) is 5.13 Å². The third kappa shape index (κ3) is 3.42. The second-order valence-corrected chi connectivity index (χ2v) is 6.43. The zero-order valence-electron chi connectivity index (χ0n) is 13.2. The predicted molar refractivity (Wildman–Crippen MR) is 91.5 cm³/mol. The maximum Gasteiger partial charge on any atom is 0.292 e. The summed E-state index contributed by atoms with van der Waals surface area (Å²) in [6.45, 7) is 6.99. The molecule has 0 spiro atoms. The van der Waals surface area contributed by atoms with Gasteiger partial charge in [0.05, 0.1) is 4.92 Å². The van der Waals surface area contributed by atoms with Crippen molar-refractivity contribution in [3.8, 4) is 0 Å². The first-order valence-corrected chi connectivity index (χ1v) is 8.37. The summed E-state index contributed by atoms with van der Waals surface area (Å²) in [4.78, 5) is 19.8. The summed E-state index contributed by atoms with van der Waals surface area (Å²) in [6.07, 6.45) is 0.934. The summed E-state index contributed by atoms with van der Waals surface area (Å²) in [5, 5.41) is 12.3. The Hall–Kier alpha value is -2.22. The van der Waals surface area contributed by atoms with E-state index in [-0.39, 0.29) is 10.6 Å². The molecule has 0 amide bonds. The maximum absolute atomic E-state index is 11.3. The Morgan fingerprint density at radius 3 is 2.61 bits per heavy atom. The van der Waals surface area contributed by atoms with Crippen LogP contribution >= 0.6 is 11.5 Å². The third-order valence-electron chi connectivity index (χ3n) is 3.95. The zero-order chi connectivity index (χ0) is 16.4. The Balaban J connectivity index is 1.79. The van der Waals surface area contributed by atoms with Gasteiger partial charge in [-0.25, -0.2) is 4.98 Å². The lowest BCUT2D eigenvalue weighted by atomic mass is 10.1. The molecule has 1 saturated heterocycles. The van der Waals surface area contributed by atoms with Gasteiger partial charge in [-0.1, -0.05) is 6.07 Å². The van der Waals surface area contributed by atoms with Gasteiger partial charge >= 0.3 is 0 Å². The van der Waals surface area contributed by atoms with Crippen LogP contribution in [-0.4, -0.2) is 40.5 Å². The highest BCUT2D eigenvalue weighted by molar-refractivity contribution is 7.09. The highest BCUT2D eigenvalue weighted by Crippen LogP contribution is 2.30. The highest BCUT2D eigenvalue weighted by Gasteiger charge is 2.23. The van der Waals surface area contributed by atoms with E-state index in [4.69, 9.17) is 0 Å². The van der Waals surface area contributed by atoms with Crippen LogP contribution in [0, 0.1) is 24.0 Å². The lowest BCUT2D eigenvalue weighted by Crippen LogP contribution is -2.31. The van der Waals surface area contributed by atoms with Crippen molar-refractivity contribution < 1.29 is 4.92 Å². The molecule has 1 aliphatic heterocycles. The van der Waals surface area contributed by atoms with Gasteiger partial charge < -0.3 is 9.80 Å². The van der Waals surface area contributed by atoms with Gasteiger partial charge in [0.25, 0.3) is 5.69 Å². The molecule has 0 N–H and O–H groups in total. The van der Waals surface area contributed by atoms with Gasteiger partial charge in [-0.15, -0.1) is 0 Å². The van der Waals surface area contributed by atoms with E-state index in [0.29, 0.717) is 5.69 Å². The van der Waals surface area contributed by atoms with Crippen molar-refractivity contribution in [1.29, 1.82) is 0 Å². The SMILES string of the molecule is Cc1ccc(N2CCCN(c3nc(C)ns3)CC2)c([N+](=O)[O-])c1. The summed E-state index contributed by atoms with van der Waals surface area (Å²) in [5.41, 5.74) is 1.79. The fraction of sp³-hybridized carbons (Fsp3) is 0.467. The molecule has 0 unspecified atom stereocenters. The van der Waals surface area contributed by atoms with Gasteiger partial charge in [-0.2, -0.15) is 4.37 Å². The van der Waals surface area contributed by atoms with E-state index in [9.17, 15) is 10.1 Å². The molecule has 23 heavy (non-hydrogen) atoms. The largest absolute Gasteiger partial charge is 0.364 e. The van der Waals surface area contributed by atoms with E-state index in [2.05, 4.69) is 19.2 Å². The van der Waals surface area contributed by atoms with E-state index >= 15 is 0 Å². The second kappa shape index (κ2) is 6.49. The molecule has 122 valence electrons. The van der Waals surface area contributed by atoms with Crippen molar-refractivity contribution in [1.82, 2.24) is 9.36 Å². The third-order valence-corrected chi connectivity index (χ3v) is 4.82. The molecule has 0 saturated carbocycles. The van der Waals surface area contributed by atoms with Gasteiger partial charge in [-0.3, -0.25) is 10.1 Å². The number of nitro benzene ring substituents is 1. The molecule has 8 heteroatoms. The quantitative estimate of drug-likeness (QED) is 0.635. The molecule has 1 aliphatic rings. The van der Waals surface area contributed by atoms with Crippen LogP contribution in [0.3, 0.4) is 0 Å². The number of hydrogen-bond donors (Lipinski definition) is 0. The molecular formula is C15H19N5O2S. The van der Waals surface area contributed by atoms with Crippen LogP contribution in [0.2, 0.25) is 0 Å². The smallest absolute Gasteiger partial charge is 0.292 e. The zero-order valence-corrected chi connectivity index (χ0v) is 14.0. The Labute approximate surface area is 138 Å². The molecule has 0 bridgehead atoms. The number of aryl methyl sites for hydroxylation is 2. The van der Waals surface area contributed by atoms with E-state index in [0.717, 1.165) is 49.1 Å². The number of nitrogens with zero attached hydrogens (tertiary/aromatic N) is 5. The summed E-state index contributed by atoms with van der Waals surface area (Å²) >= 11 is 1.41. The van der Waals surface area contributed by atoms with Crippen LogP contribution in [0.15, 0.2) is 18.2 Å². The van der Waals surface area contributed by atoms with Gasteiger partial charge in [0, 0.05) is 43.8 Å². The van der Waals surface area contributed by atoms with E-state index in [1.807, 2.05) is 26.0 Å². The molecular weight excluding hydrogens is 314 g/mol. The normalized spacial score (nSPS) is 15.6. The molecule has 0 radical (unpaired) electrons. The van der Waals surface area contributed by atoms with Crippen molar-refractivity contribution in [2.45, 2.75) is 20.3 Å². The average molecular weight is 333 g/mol. The minimum atomic E-state index is -0.293. The molecule has 3 rings (SSSR count). The number of benzene rings is 1. The van der Waals surface area contributed by atoms with Crippen molar-refractivity contribution in [2.24, 2.45) is 0 Å². The van der Waals surface area contributed by atoms with Crippen molar-refractivity contribution in [2.75, 3.05) is 36.0 Å². The Morgan fingerprint density at radius 1 is 1.17 bits per heavy atom. The molecule has 0 aliphatic carbocycles. The molecule has 2 heterocycles. The lowest BCUT2D eigenvalue weighted by Gasteiger charge is -2.23. The van der Waals surface area contributed by atoms with Crippen molar-refractivity contribution in [3.63, 3.8) is 0 Å². The van der Waals surface area contributed by atoms with E-state index in [1.165, 1.54) is 11.5 Å². The average Bonchev–Trinajstić information content (AvgIpc) is 2.81. The number of hydrogen-bond acceptors (Lipinski definition) is 7. The molecule has 7 nitrogen and oxygen atoms in total. The first kappa shape index (κ1) is 15.7. The predicted octanol–water partition coefficient (Wildman–Crippen LogP) is 2.78. The van der Waals surface area contributed by atoms with Gasteiger partial charge in [0.1, 0.15) is 11.5 Å².